The summed E-state index contributed by atoms with van der Waals surface area (Å²) in [5.74, 6) is 0.720. The first-order chi connectivity index (χ1) is 14.6. The van der Waals surface area contributed by atoms with Crippen LogP contribution in [0.2, 0.25) is 0 Å². The molecule has 4 aliphatic rings. The minimum absolute atomic E-state index is 0.190. The number of nitrogens with zero attached hydrogens (tertiary/aromatic N) is 3. The minimum atomic E-state index is -1.23. The number of rotatable bonds is 3. The van der Waals surface area contributed by atoms with E-state index < -0.39 is 43.4 Å². The van der Waals surface area contributed by atoms with Crippen LogP contribution in [0.15, 0.2) is 35.3 Å². The highest BCUT2D eigenvalue weighted by atomic mass is 16.6. The molecule has 3 fully saturated rings. The van der Waals surface area contributed by atoms with Gasteiger partial charge in [-0.3, -0.25) is 15.0 Å². The molecule has 0 radical (unpaired) electrons. The molecule has 7 atom stereocenters. The predicted octanol–water partition coefficient (Wildman–Crippen LogP) is -2.04. The molecule has 30 heavy (non-hydrogen) atoms. The van der Waals surface area contributed by atoms with Crippen molar-refractivity contribution in [2.24, 2.45) is 4.99 Å². The van der Waals surface area contributed by atoms with Gasteiger partial charge in [0.25, 0.3) is 0 Å². The lowest BCUT2D eigenvalue weighted by atomic mass is 9.99. The number of carbonyl (C=O) groups is 1. The minimum Gasteiger partial charge on any atom is -0.394 e. The lowest BCUT2D eigenvalue weighted by Crippen LogP contribution is -2.65. The molecule has 3 saturated heterocycles. The fourth-order valence-electron chi connectivity index (χ4n) is 4.86. The molecule has 1 amide bonds. The molecule has 3 unspecified atom stereocenters. The highest BCUT2D eigenvalue weighted by Gasteiger charge is 2.54. The average molecular weight is 417 g/mol. The number of aliphatic hydroxyl groups excluding tert-OH is 3. The molecule has 0 aromatic heterocycles. The summed E-state index contributed by atoms with van der Waals surface area (Å²) in [4.78, 5) is 21.0. The van der Waals surface area contributed by atoms with Crippen LogP contribution < -0.4 is 10.6 Å². The van der Waals surface area contributed by atoms with Gasteiger partial charge in [0.1, 0.15) is 24.5 Å². The maximum Gasteiger partial charge on any atom is 0.249 e. The van der Waals surface area contributed by atoms with Crippen molar-refractivity contribution in [3.8, 4) is 0 Å². The van der Waals surface area contributed by atoms with Crippen molar-refractivity contribution in [1.82, 2.24) is 20.4 Å². The Morgan fingerprint density at radius 3 is 2.73 bits per heavy atom. The molecule has 5 N–H and O–H groups in total. The Labute approximate surface area is 174 Å². The van der Waals surface area contributed by atoms with Crippen LogP contribution in [0, 0.1) is 0 Å². The summed E-state index contributed by atoms with van der Waals surface area (Å²) < 4.78 is 5.80. The summed E-state index contributed by atoms with van der Waals surface area (Å²) in [6.45, 7) is 1.36. The second-order valence-corrected chi connectivity index (χ2v) is 8.22. The van der Waals surface area contributed by atoms with Crippen molar-refractivity contribution in [1.29, 1.82) is 0 Å². The zero-order valence-corrected chi connectivity index (χ0v) is 16.5. The Morgan fingerprint density at radius 1 is 1.20 bits per heavy atom. The number of benzene rings is 1. The van der Waals surface area contributed by atoms with E-state index in [1.807, 2.05) is 18.2 Å². The number of fused-ring (bicyclic) bond motifs is 1. The topological polar surface area (TPSA) is 130 Å². The maximum atomic E-state index is 12.5. The third kappa shape index (κ3) is 3.15. The van der Waals surface area contributed by atoms with E-state index in [9.17, 15) is 20.1 Å². The van der Waals surface area contributed by atoms with Gasteiger partial charge in [-0.1, -0.05) is 30.3 Å². The average Bonchev–Trinajstić information content (AvgIpc) is 3.46. The monoisotopic (exact) mass is 417 g/mol. The number of amides is 1. The fourth-order valence-corrected chi connectivity index (χ4v) is 4.86. The normalized spacial score (nSPS) is 38.6. The number of likely N-dealkylation sites (tertiary alicyclic amines) is 1. The van der Waals surface area contributed by atoms with Gasteiger partial charge in [0.05, 0.1) is 13.3 Å². The summed E-state index contributed by atoms with van der Waals surface area (Å²) in [7, 11) is 0. The van der Waals surface area contributed by atoms with E-state index in [-0.39, 0.29) is 12.6 Å². The van der Waals surface area contributed by atoms with E-state index in [0.717, 1.165) is 19.5 Å². The number of aliphatic imine (C=N–C) groups is 1. The summed E-state index contributed by atoms with van der Waals surface area (Å²) in [6.07, 6.45) is -3.80. The van der Waals surface area contributed by atoms with Crippen LogP contribution in [0.25, 0.3) is 0 Å². The summed E-state index contributed by atoms with van der Waals surface area (Å²) in [6, 6.07) is 9.60. The Balaban J connectivity index is 1.43. The van der Waals surface area contributed by atoms with E-state index in [1.54, 1.807) is 4.90 Å². The third-order valence-electron chi connectivity index (χ3n) is 6.46. The Kier molecular flexibility index (Phi) is 5.11. The summed E-state index contributed by atoms with van der Waals surface area (Å²) in [5.41, 5.74) is 1.26. The van der Waals surface area contributed by atoms with E-state index >= 15 is 0 Å². The largest absolute Gasteiger partial charge is 0.394 e. The number of carbonyl (C=O) groups excluding carboxylic acids is 1. The molecule has 10 heteroatoms. The molecule has 10 nitrogen and oxygen atoms in total. The molecule has 0 bridgehead atoms. The van der Waals surface area contributed by atoms with E-state index in [4.69, 9.17) is 9.73 Å². The Hall–Kier alpha value is -2.24. The van der Waals surface area contributed by atoms with Crippen molar-refractivity contribution >= 4 is 11.9 Å². The molecule has 1 aromatic carbocycles. The molecular formula is C20H27N5O5. The fraction of sp³-hybridized carbons (Fsp3) is 0.600. The van der Waals surface area contributed by atoms with Crippen LogP contribution in [0.1, 0.15) is 17.9 Å². The van der Waals surface area contributed by atoms with Crippen molar-refractivity contribution < 1.29 is 24.9 Å². The van der Waals surface area contributed by atoms with Crippen LogP contribution in [-0.4, -0.2) is 100 Å². The second-order valence-electron chi connectivity index (χ2n) is 8.22. The van der Waals surface area contributed by atoms with Gasteiger partial charge in [-0.05, 0) is 12.0 Å². The quantitative estimate of drug-likeness (QED) is 0.380. The second kappa shape index (κ2) is 7.78. The molecule has 1 aromatic rings. The van der Waals surface area contributed by atoms with Crippen molar-refractivity contribution in [2.75, 3.05) is 26.4 Å². The van der Waals surface area contributed by atoms with E-state index in [1.165, 1.54) is 5.56 Å². The molecule has 0 aliphatic carbocycles. The lowest BCUT2D eigenvalue weighted by molar-refractivity contribution is -0.129. The number of hydrogen-bond acceptors (Lipinski definition) is 9. The maximum absolute atomic E-state index is 12.5. The van der Waals surface area contributed by atoms with Gasteiger partial charge in [-0.25, -0.2) is 4.99 Å². The van der Waals surface area contributed by atoms with Crippen LogP contribution in [-0.2, 0) is 9.53 Å². The van der Waals surface area contributed by atoms with Gasteiger partial charge >= 0.3 is 0 Å². The molecule has 5 rings (SSSR count). The van der Waals surface area contributed by atoms with Crippen molar-refractivity contribution in [3.63, 3.8) is 0 Å². The number of ether oxygens (including phenoxy) is 1. The van der Waals surface area contributed by atoms with Gasteiger partial charge in [0.2, 0.25) is 11.9 Å². The smallest absolute Gasteiger partial charge is 0.249 e. The number of nitrogens with one attached hydrogen (secondary N) is 2. The summed E-state index contributed by atoms with van der Waals surface area (Å²) >= 11 is 0. The van der Waals surface area contributed by atoms with E-state index in [2.05, 4.69) is 27.7 Å². The first-order valence-corrected chi connectivity index (χ1v) is 10.4. The van der Waals surface area contributed by atoms with Crippen molar-refractivity contribution in [2.45, 2.75) is 49.1 Å². The van der Waals surface area contributed by atoms with Gasteiger partial charge < -0.3 is 30.3 Å². The molecule has 4 heterocycles. The first kappa shape index (κ1) is 19.7. The Morgan fingerprint density at radius 2 is 2.00 bits per heavy atom. The standard InChI is InChI=1S/C20H27N5O5/c26-9-13-15(27)16(28)19(30-13)25-17-14(18(29)22-10-21-17)23-20(25)24-7-6-12(8-24)11-4-2-1-3-5-11/h1-5,12-17,19,21,26-28H,6-10H2,(H,22,29)/t12?,13-,14?,15-,16-,17?,19-/m0/s1. The zero-order valence-electron chi connectivity index (χ0n) is 16.5. The molecule has 0 spiro atoms. The van der Waals surface area contributed by atoms with Crippen LogP contribution in [0.5, 0.6) is 0 Å². The van der Waals surface area contributed by atoms with Gasteiger partial charge in [-0.15, -0.1) is 0 Å². The molecular weight excluding hydrogens is 390 g/mol. The predicted molar refractivity (Wildman–Crippen MR) is 106 cm³/mol. The third-order valence-corrected chi connectivity index (χ3v) is 6.46. The first-order valence-electron chi connectivity index (χ1n) is 10.4. The zero-order chi connectivity index (χ0) is 20.8. The van der Waals surface area contributed by atoms with E-state index in [0.29, 0.717) is 11.9 Å². The van der Waals surface area contributed by atoms with Gasteiger partial charge in [0, 0.05) is 19.0 Å². The van der Waals surface area contributed by atoms with Gasteiger partial charge in [0.15, 0.2) is 12.3 Å². The number of hydrogen-bond donors (Lipinski definition) is 5. The molecule has 162 valence electrons. The SMILES string of the molecule is O=C1NCNC2C1N=C(N1CCC(c3ccccc3)C1)N2[C@H]1O[C@@H](CO)[C@H](O)[C@@H]1O. The molecule has 4 aliphatic heterocycles. The van der Waals surface area contributed by atoms with Crippen LogP contribution in [0.4, 0.5) is 0 Å². The highest BCUT2D eigenvalue weighted by Crippen LogP contribution is 2.34. The van der Waals surface area contributed by atoms with Crippen LogP contribution >= 0.6 is 0 Å². The molecule has 0 saturated carbocycles. The number of guanidine groups is 1. The van der Waals surface area contributed by atoms with Gasteiger partial charge in [-0.2, -0.15) is 0 Å². The lowest BCUT2D eigenvalue weighted by Gasteiger charge is -2.39. The summed E-state index contributed by atoms with van der Waals surface area (Å²) in [5, 5.41) is 36.4. The highest BCUT2D eigenvalue weighted by molar-refractivity contribution is 5.92. The number of aliphatic hydroxyl groups is 3. The Bertz CT molecular complexity index is 823. The van der Waals surface area contributed by atoms with Crippen LogP contribution in [0.3, 0.4) is 0 Å². The van der Waals surface area contributed by atoms with Crippen molar-refractivity contribution in [3.05, 3.63) is 35.9 Å².